The van der Waals surface area contributed by atoms with Gasteiger partial charge in [-0.1, -0.05) is 0 Å². The second-order valence-corrected chi connectivity index (χ2v) is 5.56. The lowest BCUT2D eigenvalue weighted by Gasteiger charge is -2.11. The summed E-state index contributed by atoms with van der Waals surface area (Å²) in [5.41, 5.74) is 3.46. The summed E-state index contributed by atoms with van der Waals surface area (Å²) < 4.78 is 10.3. The Balaban J connectivity index is 2.05. The molecule has 0 aliphatic carbocycles. The highest BCUT2D eigenvalue weighted by atomic mass is 79.9. The molecule has 5 nitrogen and oxygen atoms in total. The molecule has 0 amide bonds. The van der Waals surface area contributed by atoms with E-state index in [0.717, 1.165) is 36.4 Å². The first-order valence-electron chi connectivity index (χ1n) is 6.65. The van der Waals surface area contributed by atoms with Gasteiger partial charge in [0.25, 0.3) is 0 Å². The van der Waals surface area contributed by atoms with Gasteiger partial charge in [-0.05, 0) is 35.0 Å². The van der Waals surface area contributed by atoms with Crippen LogP contribution in [-0.2, 0) is 24.9 Å². The van der Waals surface area contributed by atoms with Crippen LogP contribution in [0, 0.1) is 6.92 Å². The van der Waals surface area contributed by atoms with Crippen LogP contribution in [0.5, 0.6) is 0 Å². The van der Waals surface area contributed by atoms with Gasteiger partial charge in [0.2, 0.25) is 0 Å². The number of aryl methyl sites for hydroxylation is 2. The van der Waals surface area contributed by atoms with Crippen LogP contribution in [-0.4, -0.2) is 34.6 Å². The fraction of sp³-hybridized carbons (Fsp3) is 0.500. The number of nitrogens with one attached hydrogen (secondary N) is 1. The van der Waals surface area contributed by atoms with Gasteiger partial charge in [0.1, 0.15) is 0 Å². The van der Waals surface area contributed by atoms with Crippen LogP contribution in [0.2, 0.25) is 0 Å². The lowest BCUT2D eigenvalue weighted by molar-refractivity contribution is 0.199. The van der Waals surface area contributed by atoms with Crippen molar-refractivity contribution in [3.05, 3.63) is 39.9 Å². The number of aromatic nitrogens is 3. The number of methoxy groups -OCH3 is 1. The Labute approximate surface area is 128 Å². The molecule has 2 aromatic heterocycles. The maximum atomic E-state index is 5.03. The zero-order chi connectivity index (χ0) is 14.5. The number of hydrogen-bond donors (Lipinski definition) is 1. The minimum Gasteiger partial charge on any atom is -0.383 e. The Kier molecular flexibility index (Phi) is 5.39. The first-order chi connectivity index (χ1) is 9.63. The third kappa shape index (κ3) is 3.50. The van der Waals surface area contributed by atoms with E-state index in [1.807, 2.05) is 18.7 Å². The van der Waals surface area contributed by atoms with Crippen LogP contribution < -0.4 is 5.32 Å². The molecule has 0 bridgehead atoms. The van der Waals surface area contributed by atoms with Crippen molar-refractivity contribution in [3.63, 3.8) is 0 Å². The van der Waals surface area contributed by atoms with Crippen molar-refractivity contribution >= 4 is 15.9 Å². The Bertz CT molecular complexity index is 562. The van der Waals surface area contributed by atoms with Crippen molar-refractivity contribution in [1.29, 1.82) is 0 Å². The van der Waals surface area contributed by atoms with E-state index in [0.29, 0.717) is 0 Å². The van der Waals surface area contributed by atoms with Crippen molar-refractivity contribution in [2.75, 3.05) is 20.3 Å². The highest BCUT2D eigenvalue weighted by molar-refractivity contribution is 9.10. The Hall–Kier alpha value is -1.11. The molecule has 20 heavy (non-hydrogen) atoms. The first-order valence-corrected chi connectivity index (χ1v) is 7.44. The maximum absolute atomic E-state index is 5.03. The molecular formula is C14H21BrN4O. The summed E-state index contributed by atoms with van der Waals surface area (Å²) in [4.78, 5) is 0. The van der Waals surface area contributed by atoms with E-state index >= 15 is 0 Å². The van der Waals surface area contributed by atoms with Gasteiger partial charge in [0.05, 0.1) is 29.0 Å². The molecule has 0 unspecified atom stereocenters. The van der Waals surface area contributed by atoms with Crippen LogP contribution in [0.4, 0.5) is 0 Å². The molecule has 0 aliphatic heterocycles. The van der Waals surface area contributed by atoms with Crippen LogP contribution in [0.3, 0.4) is 0 Å². The smallest absolute Gasteiger partial charge is 0.0739 e. The van der Waals surface area contributed by atoms with E-state index in [4.69, 9.17) is 4.74 Å². The van der Waals surface area contributed by atoms with Gasteiger partial charge in [-0.15, -0.1) is 0 Å². The number of rotatable bonds is 7. The number of halogens is 1. The van der Waals surface area contributed by atoms with Gasteiger partial charge >= 0.3 is 0 Å². The Morgan fingerprint density at radius 3 is 2.90 bits per heavy atom. The quantitative estimate of drug-likeness (QED) is 0.785. The second kappa shape index (κ2) is 7.06. The van der Waals surface area contributed by atoms with Gasteiger partial charge in [0.15, 0.2) is 0 Å². The van der Waals surface area contributed by atoms with E-state index in [1.165, 1.54) is 11.4 Å². The summed E-state index contributed by atoms with van der Waals surface area (Å²) >= 11 is 3.62. The van der Waals surface area contributed by atoms with Gasteiger partial charge in [-0.3, -0.25) is 4.68 Å². The predicted octanol–water partition coefficient (Wildman–Crippen LogP) is 2.08. The van der Waals surface area contributed by atoms with Gasteiger partial charge in [-0.25, -0.2) is 0 Å². The van der Waals surface area contributed by atoms with Crippen LogP contribution in [0.25, 0.3) is 0 Å². The maximum Gasteiger partial charge on any atom is 0.0739 e. The lowest BCUT2D eigenvalue weighted by Crippen LogP contribution is -2.20. The minimum atomic E-state index is 0.729. The van der Waals surface area contributed by atoms with E-state index in [2.05, 4.69) is 49.2 Å². The van der Waals surface area contributed by atoms with E-state index < -0.39 is 0 Å². The lowest BCUT2D eigenvalue weighted by atomic mass is 10.3. The summed E-state index contributed by atoms with van der Waals surface area (Å²) in [5.74, 6) is 0. The highest BCUT2D eigenvalue weighted by Crippen LogP contribution is 2.21. The molecule has 0 spiro atoms. The number of ether oxygens (including phenoxy) is 1. The zero-order valence-corrected chi connectivity index (χ0v) is 13.8. The monoisotopic (exact) mass is 340 g/mol. The Morgan fingerprint density at radius 2 is 2.25 bits per heavy atom. The molecule has 2 rings (SSSR count). The van der Waals surface area contributed by atoms with Crippen molar-refractivity contribution in [1.82, 2.24) is 19.7 Å². The molecule has 1 N–H and O–H groups in total. The average Bonchev–Trinajstić information content (AvgIpc) is 2.95. The van der Waals surface area contributed by atoms with Crippen molar-refractivity contribution < 1.29 is 4.74 Å². The van der Waals surface area contributed by atoms with Crippen LogP contribution in [0.1, 0.15) is 17.1 Å². The molecule has 0 atom stereocenters. The van der Waals surface area contributed by atoms with Crippen LogP contribution in [0.15, 0.2) is 22.8 Å². The zero-order valence-electron chi connectivity index (χ0n) is 12.2. The molecule has 0 saturated carbocycles. The third-order valence-electron chi connectivity index (χ3n) is 3.29. The topological polar surface area (TPSA) is 44.0 Å². The molecule has 0 saturated heterocycles. The number of nitrogens with zero attached hydrogens (tertiary/aromatic N) is 3. The number of hydrogen-bond acceptors (Lipinski definition) is 3. The second-order valence-electron chi connectivity index (χ2n) is 4.77. The normalized spacial score (nSPS) is 11.2. The molecule has 6 heteroatoms. The molecular weight excluding hydrogens is 320 g/mol. The van der Waals surface area contributed by atoms with E-state index in [-0.39, 0.29) is 0 Å². The van der Waals surface area contributed by atoms with E-state index in [1.54, 1.807) is 7.11 Å². The largest absolute Gasteiger partial charge is 0.383 e. The van der Waals surface area contributed by atoms with Gasteiger partial charge in [0, 0.05) is 39.1 Å². The third-order valence-corrected chi connectivity index (χ3v) is 4.33. The fourth-order valence-electron chi connectivity index (χ4n) is 2.17. The summed E-state index contributed by atoms with van der Waals surface area (Å²) in [7, 11) is 3.69. The molecule has 110 valence electrons. The molecule has 2 aromatic rings. The first kappa shape index (κ1) is 15.3. The summed E-state index contributed by atoms with van der Waals surface area (Å²) in [6, 6.07) is 4.21. The van der Waals surface area contributed by atoms with Gasteiger partial charge in [-0.2, -0.15) is 5.10 Å². The van der Waals surface area contributed by atoms with Gasteiger partial charge < -0.3 is 14.6 Å². The molecule has 0 aliphatic rings. The SMILES string of the molecule is COCCNCc1cccn1Cc1c(Br)c(C)nn1C. The summed E-state index contributed by atoms with van der Waals surface area (Å²) in [6.07, 6.45) is 2.10. The molecule has 0 radical (unpaired) electrons. The molecule has 0 fully saturated rings. The molecule has 2 heterocycles. The highest BCUT2D eigenvalue weighted by Gasteiger charge is 2.12. The standard InChI is InChI=1S/C14H21BrN4O/c1-11-14(15)13(18(2)17-11)10-19-7-4-5-12(19)9-16-6-8-20-3/h4-5,7,16H,6,8-10H2,1-3H3. The summed E-state index contributed by atoms with van der Waals surface area (Å²) in [5, 5.41) is 7.80. The summed E-state index contributed by atoms with van der Waals surface area (Å²) in [6.45, 7) is 5.25. The average molecular weight is 341 g/mol. The fourth-order valence-corrected chi connectivity index (χ4v) is 2.63. The Morgan fingerprint density at radius 1 is 1.45 bits per heavy atom. The van der Waals surface area contributed by atoms with Crippen LogP contribution >= 0.6 is 15.9 Å². The van der Waals surface area contributed by atoms with Crippen molar-refractivity contribution in [3.8, 4) is 0 Å². The van der Waals surface area contributed by atoms with Crippen molar-refractivity contribution in [2.45, 2.75) is 20.0 Å². The minimum absolute atomic E-state index is 0.729. The van der Waals surface area contributed by atoms with Crippen molar-refractivity contribution in [2.24, 2.45) is 7.05 Å². The van der Waals surface area contributed by atoms with E-state index in [9.17, 15) is 0 Å². The molecule has 0 aromatic carbocycles. The predicted molar refractivity (Wildman–Crippen MR) is 82.8 cm³/mol.